The third-order valence-electron chi connectivity index (χ3n) is 5.31. The Morgan fingerprint density at radius 1 is 1.15 bits per heavy atom. The van der Waals surface area contributed by atoms with Crippen molar-refractivity contribution in [1.82, 2.24) is 19.9 Å². The minimum Gasteiger partial charge on any atom is -0.370 e. The average Bonchev–Trinajstić information content (AvgIpc) is 3.13. The zero-order valence-electron chi connectivity index (χ0n) is 17.9. The Balaban J connectivity index is 1.63. The van der Waals surface area contributed by atoms with Gasteiger partial charge < -0.3 is 15.0 Å². The van der Waals surface area contributed by atoms with Gasteiger partial charge in [0.25, 0.3) is 11.5 Å². The van der Waals surface area contributed by atoms with E-state index in [0.717, 1.165) is 16.3 Å². The van der Waals surface area contributed by atoms with Crippen LogP contribution in [0.2, 0.25) is 0 Å². The SMILES string of the molecule is Cc1c(C(=O)NCCOCC(F)(F)F)nn2c(C)c(-c3ccc4ccccc4c3)[nH]c(=O)c12. The lowest BCUT2D eigenvalue weighted by Crippen LogP contribution is -2.29. The van der Waals surface area contributed by atoms with E-state index in [2.05, 4.69) is 20.1 Å². The van der Waals surface area contributed by atoms with Gasteiger partial charge in [0.05, 0.1) is 18.0 Å². The van der Waals surface area contributed by atoms with E-state index in [0.29, 0.717) is 17.0 Å². The molecular formula is C23H21F3N4O3. The van der Waals surface area contributed by atoms with Crippen LogP contribution in [0.5, 0.6) is 0 Å². The van der Waals surface area contributed by atoms with Crippen molar-refractivity contribution in [3.63, 3.8) is 0 Å². The van der Waals surface area contributed by atoms with Gasteiger partial charge in [-0.15, -0.1) is 0 Å². The lowest BCUT2D eigenvalue weighted by molar-refractivity contribution is -0.173. The molecule has 2 heterocycles. The van der Waals surface area contributed by atoms with Gasteiger partial charge in [-0.3, -0.25) is 9.59 Å². The Kier molecular flexibility index (Phi) is 5.94. The van der Waals surface area contributed by atoms with E-state index in [1.54, 1.807) is 13.8 Å². The number of amides is 1. The first-order chi connectivity index (χ1) is 15.7. The van der Waals surface area contributed by atoms with E-state index in [4.69, 9.17) is 0 Å². The second kappa shape index (κ2) is 8.70. The molecule has 1 amide bonds. The number of carbonyl (C=O) groups is 1. The van der Waals surface area contributed by atoms with Crippen molar-refractivity contribution in [1.29, 1.82) is 0 Å². The van der Waals surface area contributed by atoms with Gasteiger partial charge in [-0.25, -0.2) is 4.52 Å². The van der Waals surface area contributed by atoms with Crippen molar-refractivity contribution < 1.29 is 22.7 Å². The van der Waals surface area contributed by atoms with Crippen LogP contribution in [0.15, 0.2) is 47.3 Å². The van der Waals surface area contributed by atoms with Crippen LogP contribution in [0.1, 0.15) is 21.7 Å². The highest BCUT2D eigenvalue weighted by atomic mass is 19.4. The topological polar surface area (TPSA) is 88.5 Å². The maximum atomic E-state index is 12.9. The number of alkyl halides is 3. The van der Waals surface area contributed by atoms with Gasteiger partial charge >= 0.3 is 6.18 Å². The predicted molar refractivity (Wildman–Crippen MR) is 117 cm³/mol. The van der Waals surface area contributed by atoms with Crippen molar-refractivity contribution in [2.24, 2.45) is 0 Å². The third kappa shape index (κ3) is 4.61. The number of benzene rings is 2. The molecule has 33 heavy (non-hydrogen) atoms. The first kappa shape index (κ1) is 22.5. The summed E-state index contributed by atoms with van der Waals surface area (Å²) in [5, 5.41) is 8.87. The molecule has 10 heteroatoms. The summed E-state index contributed by atoms with van der Waals surface area (Å²) in [6.07, 6.45) is -4.43. The largest absolute Gasteiger partial charge is 0.411 e. The molecule has 0 bridgehead atoms. The van der Waals surface area contributed by atoms with Crippen molar-refractivity contribution in [2.75, 3.05) is 19.8 Å². The normalized spacial score (nSPS) is 11.9. The molecule has 0 unspecified atom stereocenters. The van der Waals surface area contributed by atoms with Crippen molar-refractivity contribution in [3.05, 3.63) is 69.8 Å². The summed E-state index contributed by atoms with van der Waals surface area (Å²) in [7, 11) is 0. The molecule has 172 valence electrons. The number of nitrogens with zero attached hydrogens (tertiary/aromatic N) is 2. The zero-order chi connectivity index (χ0) is 23.8. The molecule has 0 saturated heterocycles. The number of aryl methyl sites for hydroxylation is 2. The number of ether oxygens (including phenoxy) is 1. The van der Waals surface area contributed by atoms with E-state index in [1.807, 2.05) is 42.5 Å². The number of hydrogen-bond donors (Lipinski definition) is 2. The number of carbonyl (C=O) groups excluding carboxylic acids is 1. The van der Waals surface area contributed by atoms with Gasteiger partial charge in [0.1, 0.15) is 12.1 Å². The van der Waals surface area contributed by atoms with Gasteiger partial charge in [0.2, 0.25) is 0 Å². The minimum absolute atomic E-state index is 0.0232. The van der Waals surface area contributed by atoms with Crippen molar-refractivity contribution in [3.8, 4) is 11.3 Å². The molecule has 0 aliphatic heterocycles. The molecule has 0 saturated carbocycles. The third-order valence-corrected chi connectivity index (χ3v) is 5.31. The second-order valence-electron chi connectivity index (χ2n) is 7.63. The first-order valence-corrected chi connectivity index (χ1v) is 10.2. The Labute approximate surface area is 186 Å². The fourth-order valence-electron chi connectivity index (χ4n) is 3.72. The summed E-state index contributed by atoms with van der Waals surface area (Å²) < 4.78 is 42.3. The smallest absolute Gasteiger partial charge is 0.370 e. The van der Waals surface area contributed by atoms with Crippen LogP contribution >= 0.6 is 0 Å². The molecule has 0 radical (unpaired) electrons. The fraction of sp³-hybridized carbons (Fsp3) is 0.261. The predicted octanol–water partition coefficient (Wildman–Crippen LogP) is 3.77. The Bertz CT molecular complexity index is 1410. The van der Waals surface area contributed by atoms with Crippen molar-refractivity contribution in [2.45, 2.75) is 20.0 Å². The van der Waals surface area contributed by atoms with E-state index in [1.165, 1.54) is 4.52 Å². The number of fused-ring (bicyclic) bond motifs is 2. The second-order valence-corrected chi connectivity index (χ2v) is 7.63. The summed E-state index contributed by atoms with van der Waals surface area (Å²) in [4.78, 5) is 28.3. The highest BCUT2D eigenvalue weighted by molar-refractivity contribution is 5.95. The number of aromatic amines is 1. The fourth-order valence-corrected chi connectivity index (χ4v) is 3.72. The lowest BCUT2D eigenvalue weighted by Gasteiger charge is -2.09. The molecule has 0 fully saturated rings. The molecule has 0 atom stereocenters. The van der Waals surface area contributed by atoms with Crippen LogP contribution in [0.3, 0.4) is 0 Å². The Morgan fingerprint density at radius 3 is 2.61 bits per heavy atom. The highest BCUT2D eigenvalue weighted by Gasteiger charge is 2.27. The van der Waals surface area contributed by atoms with Crippen LogP contribution in [-0.4, -0.2) is 46.4 Å². The molecule has 0 aliphatic rings. The van der Waals surface area contributed by atoms with Gasteiger partial charge in [-0.2, -0.15) is 18.3 Å². The monoisotopic (exact) mass is 458 g/mol. The van der Waals surface area contributed by atoms with Crippen LogP contribution in [0, 0.1) is 13.8 Å². The number of hydrogen-bond acceptors (Lipinski definition) is 4. The summed E-state index contributed by atoms with van der Waals surface area (Å²) in [5.41, 5.74) is 2.24. The molecule has 0 spiro atoms. The maximum absolute atomic E-state index is 12.9. The number of rotatable bonds is 6. The number of H-pyrrole nitrogens is 1. The maximum Gasteiger partial charge on any atom is 0.411 e. The van der Waals surface area contributed by atoms with Gasteiger partial charge in [-0.1, -0.05) is 36.4 Å². The molecule has 0 aliphatic carbocycles. The minimum atomic E-state index is -4.43. The number of aromatic nitrogens is 3. The molecule has 2 aromatic carbocycles. The molecule has 7 nitrogen and oxygen atoms in total. The molecule has 4 rings (SSSR count). The molecule has 2 N–H and O–H groups in total. The highest BCUT2D eigenvalue weighted by Crippen LogP contribution is 2.26. The zero-order valence-corrected chi connectivity index (χ0v) is 17.9. The van der Waals surface area contributed by atoms with Gasteiger partial charge in [0, 0.05) is 17.7 Å². The first-order valence-electron chi connectivity index (χ1n) is 10.2. The van der Waals surface area contributed by atoms with Crippen LogP contribution in [0.25, 0.3) is 27.5 Å². The standard InChI is InChI=1S/C23H21F3N4O3/c1-13-18(21(31)27-9-10-33-12-23(24,25)26)29-30-14(2)19(28-22(32)20(13)30)17-8-7-15-5-3-4-6-16(15)11-17/h3-8,11H,9-10,12H2,1-2H3,(H,27,31)(H,28,32). The van der Waals surface area contributed by atoms with Crippen LogP contribution in [-0.2, 0) is 4.74 Å². The summed E-state index contributed by atoms with van der Waals surface area (Å²) in [6.45, 7) is 1.57. The Morgan fingerprint density at radius 2 is 1.88 bits per heavy atom. The van der Waals surface area contributed by atoms with Gasteiger partial charge in [0.15, 0.2) is 5.69 Å². The molecule has 4 aromatic rings. The Hall–Kier alpha value is -3.66. The van der Waals surface area contributed by atoms with Crippen LogP contribution in [0.4, 0.5) is 13.2 Å². The van der Waals surface area contributed by atoms with Crippen LogP contribution < -0.4 is 10.9 Å². The van der Waals surface area contributed by atoms with E-state index >= 15 is 0 Å². The molecular weight excluding hydrogens is 437 g/mol. The van der Waals surface area contributed by atoms with E-state index in [9.17, 15) is 22.8 Å². The molecule has 2 aromatic heterocycles. The number of nitrogens with one attached hydrogen (secondary N) is 2. The van der Waals surface area contributed by atoms with E-state index < -0.39 is 24.2 Å². The van der Waals surface area contributed by atoms with Crippen molar-refractivity contribution >= 4 is 22.2 Å². The number of halogens is 3. The summed E-state index contributed by atoms with van der Waals surface area (Å²) in [6, 6.07) is 13.7. The lowest BCUT2D eigenvalue weighted by atomic mass is 10.0. The van der Waals surface area contributed by atoms with E-state index in [-0.39, 0.29) is 24.4 Å². The van der Waals surface area contributed by atoms with Gasteiger partial charge in [-0.05, 0) is 30.7 Å². The summed E-state index contributed by atoms with van der Waals surface area (Å²) >= 11 is 0. The quantitative estimate of drug-likeness (QED) is 0.431. The summed E-state index contributed by atoms with van der Waals surface area (Å²) in [5.74, 6) is -0.599. The average molecular weight is 458 g/mol.